The van der Waals surface area contributed by atoms with E-state index in [0.29, 0.717) is 5.88 Å². The molecule has 0 radical (unpaired) electrons. The highest BCUT2D eigenvalue weighted by Gasteiger charge is 2.08. The van der Waals surface area contributed by atoms with E-state index in [1.807, 2.05) is 18.2 Å². The maximum atomic E-state index is 11.8. The quantitative estimate of drug-likeness (QED) is 0.870. The number of nitrogens with one attached hydrogen (secondary N) is 1. The van der Waals surface area contributed by atoms with Crippen molar-refractivity contribution in [2.45, 2.75) is 0 Å². The monoisotopic (exact) mass is 229 g/mol. The third-order valence-corrected chi connectivity index (χ3v) is 2.12. The summed E-state index contributed by atoms with van der Waals surface area (Å²) >= 11 is 0. The normalized spacial score (nSPS) is 9.71. The number of amides is 1. The largest absolute Gasteiger partial charge is 0.481 e. The van der Waals surface area contributed by atoms with Gasteiger partial charge in [-0.2, -0.15) is 0 Å². The second-order valence-electron chi connectivity index (χ2n) is 3.27. The van der Waals surface area contributed by atoms with Crippen LogP contribution in [0.3, 0.4) is 0 Å². The second kappa shape index (κ2) is 5.07. The summed E-state index contributed by atoms with van der Waals surface area (Å²) in [6.07, 6.45) is 1.29. The third kappa shape index (κ3) is 2.78. The van der Waals surface area contributed by atoms with Crippen LogP contribution in [0.2, 0.25) is 0 Å². The smallest absolute Gasteiger partial charge is 0.274 e. The van der Waals surface area contributed by atoms with Gasteiger partial charge in [0.15, 0.2) is 0 Å². The molecule has 0 aliphatic rings. The molecule has 2 rings (SSSR count). The SMILES string of the molecule is COc1cc(C(=O)Nc2ccccc2)ncn1. The van der Waals surface area contributed by atoms with Gasteiger partial charge in [0.25, 0.3) is 5.91 Å². The number of carbonyl (C=O) groups is 1. The zero-order chi connectivity index (χ0) is 12.1. The molecule has 1 aromatic heterocycles. The van der Waals surface area contributed by atoms with Crippen molar-refractivity contribution in [3.63, 3.8) is 0 Å². The molecule has 1 amide bonds. The first-order valence-electron chi connectivity index (χ1n) is 5.02. The van der Waals surface area contributed by atoms with E-state index in [2.05, 4.69) is 15.3 Å². The van der Waals surface area contributed by atoms with Gasteiger partial charge in [-0.1, -0.05) is 18.2 Å². The maximum absolute atomic E-state index is 11.8. The van der Waals surface area contributed by atoms with E-state index in [-0.39, 0.29) is 11.6 Å². The predicted octanol–water partition coefficient (Wildman–Crippen LogP) is 1.74. The van der Waals surface area contributed by atoms with E-state index in [1.165, 1.54) is 19.5 Å². The Morgan fingerprint density at radius 3 is 2.71 bits per heavy atom. The average molecular weight is 229 g/mol. The molecule has 5 heteroatoms. The Morgan fingerprint density at radius 2 is 2.00 bits per heavy atom. The standard InChI is InChI=1S/C12H11N3O2/c1-17-11-7-10(13-8-14-11)12(16)15-9-5-3-2-4-6-9/h2-8H,1H3,(H,15,16). The summed E-state index contributed by atoms with van der Waals surface area (Å²) in [5, 5.41) is 2.72. The van der Waals surface area contributed by atoms with Gasteiger partial charge in [-0.3, -0.25) is 4.79 Å². The minimum absolute atomic E-state index is 0.265. The summed E-state index contributed by atoms with van der Waals surface area (Å²) < 4.78 is 4.92. The van der Waals surface area contributed by atoms with Gasteiger partial charge in [0, 0.05) is 11.8 Å². The van der Waals surface area contributed by atoms with Crippen molar-refractivity contribution in [3.05, 3.63) is 48.4 Å². The zero-order valence-corrected chi connectivity index (χ0v) is 9.25. The molecule has 0 spiro atoms. The van der Waals surface area contributed by atoms with Gasteiger partial charge in [0.2, 0.25) is 5.88 Å². The lowest BCUT2D eigenvalue weighted by atomic mass is 10.3. The van der Waals surface area contributed by atoms with Crippen LogP contribution in [0.25, 0.3) is 0 Å². The maximum Gasteiger partial charge on any atom is 0.274 e. The number of rotatable bonds is 3. The Kier molecular flexibility index (Phi) is 3.30. The van der Waals surface area contributed by atoms with Gasteiger partial charge in [-0.05, 0) is 12.1 Å². The van der Waals surface area contributed by atoms with E-state index in [4.69, 9.17) is 4.74 Å². The highest BCUT2D eigenvalue weighted by atomic mass is 16.5. The van der Waals surface area contributed by atoms with Crippen LogP contribution < -0.4 is 10.1 Å². The van der Waals surface area contributed by atoms with Crippen LogP contribution >= 0.6 is 0 Å². The molecule has 2 aromatic rings. The van der Waals surface area contributed by atoms with Crippen molar-refractivity contribution >= 4 is 11.6 Å². The van der Waals surface area contributed by atoms with Crippen molar-refractivity contribution in [1.82, 2.24) is 9.97 Å². The predicted molar refractivity (Wildman–Crippen MR) is 63.0 cm³/mol. The highest BCUT2D eigenvalue weighted by molar-refractivity contribution is 6.02. The van der Waals surface area contributed by atoms with Gasteiger partial charge in [0.1, 0.15) is 12.0 Å². The Hall–Kier alpha value is -2.43. The fraction of sp³-hybridized carbons (Fsp3) is 0.0833. The van der Waals surface area contributed by atoms with E-state index in [0.717, 1.165) is 5.69 Å². The first-order chi connectivity index (χ1) is 8.29. The number of benzene rings is 1. The van der Waals surface area contributed by atoms with Crippen molar-refractivity contribution in [2.24, 2.45) is 0 Å². The Bertz CT molecular complexity index is 514. The molecular formula is C12H11N3O2. The van der Waals surface area contributed by atoms with Gasteiger partial charge in [0.05, 0.1) is 7.11 Å². The molecule has 0 atom stereocenters. The van der Waals surface area contributed by atoms with E-state index in [9.17, 15) is 4.79 Å². The number of aromatic nitrogens is 2. The molecule has 0 aliphatic heterocycles. The Labute approximate surface area is 98.5 Å². The van der Waals surface area contributed by atoms with Gasteiger partial charge < -0.3 is 10.1 Å². The number of carbonyl (C=O) groups excluding carboxylic acids is 1. The summed E-state index contributed by atoms with van der Waals surface area (Å²) in [4.78, 5) is 19.5. The summed E-state index contributed by atoms with van der Waals surface area (Å²) in [7, 11) is 1.49. The second-order valence-corrected chi connectivity index (χ2v) is 3.27. The lowest BCUT2D eigenvalue weighted by molar-refractivity contribution is 0.102. The summed E-state index contributed by atoms with van der Waals surface area (Å²) in [6.45, 7) is 0. The van der Waals surface area contributed by atoms with E-state index >= 15 is 0 Å². The van der Waals surface area contributed by atoms with Crippen LogP contribution in [-0.2, 0) is 0 Å². The van der Waals surface area contributed by atoms with Crippen LogP contribution in [0.1, 0.15) is 10.5 Å². The Morgan fingerprint density at radius 1 is 1.24 bits per heavy atom. The topological polar surface area (TPSA) is 64.1 Å². The molecule has 0 aliphatic carbocycles. The summed E-state index contributed by atoms with van der Waals surface area (Å²) in [5.41, 5.74) is 0.982. The number of ether oxygens (including phenoxy) is 1. The lowest BCUT2D eigenvalue weighted by Gasteiger charge is -2.04. The fourth-order valence-electron chi connectivity index (χ4n) is 1.29. The van der Waals surface area contributed by atoms with Crippen molar-refractivity contribution in [1.29, 1.82) is 0 Å². The van der Waals surface area contributed by atoms with Gasteiger partial charge in [-0.15, -0.1) is 0 Å². The molecule has 0 saturated carbocycles. The van der Waals surface area contributed by atoms with Crippen molar-refractivity contribution in [3.8, 4) is 5.88 Å². The molecule has 1 N–H and O–H groups in total. The fourth-order valence-corrected chi connectivity index (χ4v) is 1.29. The van der Waals surface area contributed by atoms with Gasteiger partial charge in [-0.25, -0.2) is 9.97 Å². The first kappa shape index (κ1) is 11.1. The zero-order valence-electron chi connectivity index (χ0n) is 9.25. The molecule has 1 heterocycles. The van der Waals surface area contributed by atoms with Crippen LogP contribution in [0.4, 0.5) is 5.69 Å². The third-order valence-electron chi connectivity index (χ3n) is 2.12. The minimum atomic E-state index is -0.295. The number of para-hydroxylation sites is 1. The molecular weight excluding hydrogens is 218 g/mol. The highest BCUT2D eigenvalue weighted by Crippen LogP contribution is 2.10. The van der Waals surface area contributed by atoms with Crippen LogP contribution in [0, 0.1) is 0 Å². The van der Waals surface area contributed by atoms with E-state index in [1.54, 1.807) is 12.1 Å². The lowest BCUT2D eigenvalue weighted by Crippen LogP contribution is -2.13. The van der Waals surface area contributed by atoms with Crippen molar-refractivity contribution < 1.29 is 9.53 Å². The van der Waals surface area contributed by atoms with E-state index < -0.39 is 0 Å². The molecule has 1 aromatic carbocycles. The molecule has 17 heavy (non-hydrogen) atoms. The number of hydrogen-bond donors (Lipinski definition) is 1. The van der Waals surface area contributed by atoms with Crippen LogP contribution in [0.5, 0.6) is 5.88 Å². The van der Waals surface area contributed by atoms with Gasteiger partial charge >= 0.3 is 0 Å². The molecule has 0 fully saturated rings. The number of anilines is 1. The molecule has 86 valence electrons. The molecule has 0 bridgehead atoms. The number of hydrogen-bond acceptors (Lipinski definition) is 4. The first-order valence-corrected chi connectivity index (χ1v) is 5.02. The summed E-state index contributed by atoms with van der Waals surface area (Å²) in [5.74, 6) is 0.0649. The van der Waals surface area contributed by atoms with Crippen molar-refractivity contribution in [2.75, 3.05) is 12.4 Å². The summed E-state index contributed by atoms with van der Waals surface area (Å²) in [6, 6.07) is 10.7. The van der Waals surface area contributed by atoms with Crippen LogP contribution in [-0.4, -0.2) is 23.0 Å². The number of nitrogens with zero attached hydrogens (tertiary/aromatic N) is 2. The number of methoxy groups -OCH3 is 1. The Balaban J connectivity index is 2.14. The molecule has 0 saturated heterocycles. The molecule has 5 nitrogen and oxygen atoms in total. The average Bonchev–Trinajstić information content (AvgIpc) is 2.40. The van der Waals surface area contributed by atoms with Crippen LogP contribution in [0.15, 0.2) is 42.7 Å². The molecule has 0 unspecified atom stereocenters. The minimum Gasteiger partial charge on any atom is -0.481 e.